The molecule has 0 spiro atoms. The zero-order valence-corrected chi connectivity index (χ0v) is 12.1. The number of hydrogen-bond donors (Lipinski definition) is 1. The highest BCUT2D eigenvalue weighted by Gasteiger charge is 2.16. The van der Waals surface area contributed by atoms with E-state index in [0.29, 0.717) is 26.2 Å². The molecule has 0 saturated carbocycles. The van der Waals surface area contributed by atoms with Gasteiger partial charge in [-0.25, -0.2) is 4.39 Å². The summed E-state index contributed by atoms with van der Waals surface area (Å²) in [6.07, 6.45) is 0.650. The van der Waals surface area contributed by atoms with E-state index in [1.54, 1.807) is 6.07 Å². The number of ether oxygens (including phenoxy) is 1. The largest absolute Gasteiger partial charge is 0.372 e. The Morgan fingerprint density at radius 1 is 1.38 bits per heavy atom. The van der Waals surface area contributed by atoms with Crippen molar-refractivity contribution in [1.82, 2.24) is 20.1 Å². The minimum absolute atomic E-state index is 0.150. The summed E-state index contributed by atoms with van der Waals surface area (Å²) in [6, 6.07) is 7.05. The molecule has 0 bridgehead atoms. The Morgan fingerprint density at radius 3 is 3.10 bits per heavy atom. The van der Waals surface area contributed by atoms with Crippen molar-refractivity contribution in [3.05, 3.63) is 47.3 Å². The molecule has 1 aromatic heterocycles. The lowest BCUT2D eigenvalue weighted by molar-refractivity contribution is 0.0804. The lowest BCUT2D eigenvalue weighted by Gasteiger charge is -2.17. The molecule has 1 aliphatic rings. The predicted molar refractivity (Wildman–Crippen MR) is 76.1 cm³/mol. The number of fused-ring (bicyclic) bond motifs is 1. The molecule has 1 N–H and O–H groups in total. The Bertz CT molecular complexity index is 613. The van der Waals surface area contributed by atoms with Crippen LogP contribution in [0.2, 0.25) is 0 Å². The van der Waals surface area contributed by atoms with Crippen LogP contribution in [0, 0.1) is 5.82 Å². The van der Waals surface area contributed by atoms with Crippen molar-refractivity contribution in [1.29, 1.82) is 0 Å². The first-order valence-corrected chi connectivity index (χ1v) is 7.19. The summed E-state index contributed by atoms with van der Waals surface area (Å²) < 4.78 is 21.1. The monoisotopic (exact) mass is 290 g/mol. The first-order chi connectivity index (χ1) is 10.2. The quantitative estimate of drug-likeness (QED) is 0.910. The van der Waals surface area contributed by atoms with Crippen LogP contribution in [0.3, 0.4) is 0 Å². The summed E-state index contributed by atoms with van der Waals surface area (Å²) in [4.78, 5) is 0. The Morgan fingerprint density at radius 2 is 2.24 bits per heavy atom. The summed E-state index contributed by atoms with van der Waals surface area (Å²) in [5.74, 6) is 1.64. The van der Waals surface area contributed by atoms with E-state index in [9.17, 15) is 4.39 Å². The number of benzene rings is 1. The molecule has 0 amide bonds. The van der Waals surface area contributed by atoms with E-state index in [1.807, 2.05) is 19.1 Å². The van der Waals surface area contributed by atoms with E-state index in [0.717, 1.165) is 23.8 Å². The molecule has 1 unspecified atom stereocenters. The molecule has 112 valence electrons. The van der Waals surface area contributed by atoms with E-state index in [4.69, 9.17) is 4.74 Å². The van der Waals surface area contributed by atoms with Gasteiger partial charge in [-0.3, -0.25) is 0 Å². The van der Waals surface area contributed by atoms with Crippen molar-refractivity contribution in [3.63, 3.8) is 0 Å². The van der Waals surface area contributed by atoms with Crippen LogP contribution in [0.5, 0.6) is 0 Å². The Labute approximate surface area is 123 Å². The fourth-order valence-corrected chi connectivity index (χ4v) is 2.52. The molecule has 6 heteroatoms. The van der Waals surface area contributed by atoms with E-state index < -0.39 is 0 Å². The van der Waals surface area contributed by atoms with Gasteiger partial charge in [0, 0.05) is 12.6 Å². The number of hydrogen-bond acceptors (Lipinski definition) is 4. The summed E-state index contributed by atoms with van der Waals surface area (Å²) >= 11 is 0. The lowest BCUT2D eigenvalue weighted by atomic mass is 10.1. The summed E-state index contributed by atoms with van der Waals surface area (Å²) in [5, 5.41) is 11.7. The summed E-state index contributed by atoms with van der Waals surface area (Å²) in [6.45, 7) is 4.69. The number of aromatic nitrogens is 3. The van der Waals surface area contributed by atoms with Crippen molar-refractivity contribution in [3.8, 4) is 0 Å². The van der Waals surface area contributed by atoms with Crippen LogP contribution in [0.15, 0.2) is 24.3 Å². The topological polar surface area (TPSA) is 52.0 Å². The van der Waals surface area contributed by atoms with Crippen molar-refractivity contribution >= 4 is 0 Å². The molecule has 3 rings (SSSR count). The van der Waals surface area contributed by atoms with Crippen LogP contribution in [-0.2, 0) is 30.9 Å². The molecular formula is C15H19FN4O. The highest BCUT2D eigenvalue weighted by atomic mass is 19.1. The number of nitrogens with one attached hydrogen (secondary N) is 1. The van der Waals surface area contributed by atoms with Gasteiger partial charge in [0.25, 0.3) is 0 Å². The third kappa shape index (κ3) is 3.28. The van der Waals surface area contributed by atoms with Gasteiger partial charge in [0.05, 0.1) is 13.2 Å². The number of halogens is 1. The third-order valence-electron chi connectivity index (χ3n) is 3.69. The first-order valence-electron chi connectivity index (χ1n) is 7.19. The van der Waals surface area contributed by atoms with Gasteiger partial charge in [-0.15, -0.1) is 10.2 Å². The smallest absolute Gasteiger partial charge is 0.159 e. The fraction of sp³-hybridized carbons (Fsp3) is 0.467. The van der Waals surface area contributed by atoms with Crippen LogP contribution in [0.4, 0.5) is 4.39 Å². The molecule has 0 radical (unpaired) electrons. The van der Waals surface area contributed by atoms with Gasteiger partial charge in [-0.05, 0) is 25.0 Å². The second-order valence-corrected chi connectivity index (χ2v) is 5.31. The van der Waals surface area contributed by atoms with Crippen molar-refractivity contribution in [2.45, 2.75) is 39.1 Å². The van der Waals surface area contributed by atoms with Crippen molar-refractivity contribution in [2.24, 2.45) is 0 Å². The molecule has 1 aromatic carbocycles. The maximum Gasteiger partial charge on any atom is 0.159 e. The van der Waals surface area contributed by atoms with Crippen LogP contribution in [0.25, 0.3) is 0 Å². The van der Waals surface area contributed by atoms with Gasteiger partial charge in [0.2, 0.25) is 0 Å². The van der Waals surface area contributed by atoms with Gasteiger partial charge in [0.1, 0.15) is 18.2 Å². The number of nitrogens with zero attached hydrogens (tertiary/aromatic N) is 3. The van der Waals surface area contributed by atoms with Crippen molar-refractivity contribution < 1.29 is 9.13 Å². The summed E-state index contributed by atoms with van der Waals surface area (Å²) in [7, 11) is 0. The van der Waals surface area contributed by atoms with Crippen LogP contribution in [-0.4, -0.2) is 27.4 Å². The maximum atomic E-state index is 13.6. The molecule has 1 aliphatic heterocycles. The fourth-order valence-electron chi connectivity index (χ4n) is 2.52. The van der Waals surface area contributed by atoms with Crippen LogP contribution in [0.1, 0.15) is 24.1 Å². The predicted octanol–water partition coefficient (Wildman–Crippen LogP) is 1.67. The summed E-state index contributed by atoms with van der Waals surface area (Å²) in [5.41, 5.74) is 0.731. The lowest BCUT2D eigenvalue weighted by Crippen LogP contribution is -2.30. The third-order valence-corrected chi connectivity index (χ3v) is 3.69. The highest BCUT2D eigenvalue weighted by Crippen LogP contribution is 2.11. The molecular weight excluding hydrogens is 271 g/mol. The molecule has 2 heterocycles. The van der Waals surface area contributed by atoms with E-state index >= 15 is 0 Å². The highest BCUT2D eigenvalue weighted by molar-refractivity contribution is 5.18. The average molecular weight is 290 g/mol. The van der Waals surface area contributed by atoms with Gasteiger partial charge in [-0.2, -0.15) is 0 Å². The molecule has 1 atom stereocenters. The van der Waals surface area contributed by atoms with Gasteiger partial charge < -0.3 is 14.6 Å². The standard InChI is InChI=1S/C15H19FN4O/c1-11(8-12-4-2-3-5-13(12)16)17-9-14-18-19-15-10-21-7-6-20(14)15/h2-5,11,17H,6-10H2,1H3. The Kier molecular flexibility index (Phi) is 4.26. The molecule has 0 saturated heterocycles. The van der Waals surface area contributed by atoms with E-state index in [2.05, 4.69) is 20.1 Å². The van der Waals surface area contributed by atoms with Gasteiger partial charge in [0.15, 0.2) is 5.82 Å². The molecule has 5 nitrogen and oxygen atoms in total. The van der Waals surface area contributed by atoms with Gasteiger partial charge in [-0.1, -0.05) is 18.2 Å². The zero-order chi connectivity index (χ0) is 14.7. The second-order valence-electron chi connectivity index (χ2n) is 5.31. The van der Waals surface area contributed by atoms with Crippen LogP contribution < -0.4 is 5.32 Å². The van der Waals surface area contributed by atoms with E-state index in [-0.39, 0.29) is 11.9 Å². The van der Waals surface area contributed by atoms with Crippen LogP contribution >= 0.6 is 0 Å². The minimum Gasteiger partial charge on any atom is -0.372 e. The number of rotatable bonds is 5. The molecule has 0 fully saturated rings. The van der Waals surface area contributed by atoms with E-state index in [1.165, 1.54) is 6.07 Å². The second kappa shape index (κ2) is 6.32. The Hall–Kier alpha value is -1.79. The Balaban J connectivity index is 1.58. The average Bonchev–Trinajstić information content (AvgIpc) is 2.91. The van der Waals surface area contributed by atoms with Gasteiger partial charge >= 0.3 is 0 Å². The SMILES string of the molecule is CC(Cc1ccccc1F)NCc1nnc2n1CCOC2. The minimum atomic E-state index is -0.150. The molecule has 21 heavy (non-hydrogen) atoms. The first kappa shape index (κ1) is 14.2. The van der Waals surface area contributed by atoms with Crippen molar-refractivity contribution in [2.75, 3.05) is 6.61 Å². The molecule has 0 aliphatic carbocycles. The maximum absolute atomic E-state index is 13.6. The molecule has 2 aromatic rings. The zero-order valence-electron chi connectivity index (χ0n) is 12.1. The normalized spacial score (nSPS) is 15.7.